The second-order valence-corrected chi connectivity index (χ2v) is 9.15. The Morgan fingerprint density at radius 1 is 1.00 bits per heavy atom. The molecule has 0 radical (unpaired) electrons. The zero-order valence-corrected chi connectivity index (χ0v) is 19.6. The van der Waals surface area contributed by atoms with Crippen LogP contribution in [0.2, 0.25) is 0 Å². The van der Waals surface area contributed by atoms with Crippen molar-refractivity contribution in [3.05, 3.63) is 53.5 Å². The van der Waals surface area contributed by atoms with Gasteiger partial charge in [0.15, 0.2) is 5.65 Å². The van der Waals surface area contributed by atoms with Gasteiger partial charge in [-0.15, -0.1) is 0 Å². The fourth-order valence-electron chi connectivity index (χ4n) is 4.48. The molecule has 1 aliphatic heterocycles. The van der Waals surface area contributed by atoms with Crippen LogP contribution in [0.3, 0.4) is 0 Å². The average Bonchev–Trinajstić information content (AvgIpc) is 3.60. The van der Waals surface area contributed by atoms with Crippen LogP contribution in [0, 0.1) is 13.8 Å². The van der Waals surface area contributed by atoms with Crippen LogP contribution in [0.15, 0.2) is 30.7 Å². The third-order valence-electron chi connectivity index (χ3n) is 6.74. The van der Waals surface area contributed by atoms with Gasteiger partial charge in [-0.1, -0.05) is 0 Å². The van der Waals surface area contributed by atoms with Crippen molar-refractivity contribution in [2.24, 2.45) is 0 Å². The smallest absolute Gasteiger partial charge is 0.212 e. The number of aromatic nitrogens is 7. The highest BCUT2D eigenvalue weighted by Crippen LogP contribution is 2.39. The number of hydrogen-bond acceptors (Lipinski definition) is 8. The molecule has 0 spiro atoms. The molecule has 2 aliphatic rings. The minimum absolute atomic E-state index is 0.0116. The van der Waals surface area contributed by atoms with Crippen LogP contribution in [0.25, 0.3) is 22.4 Å². The summed E-state index contributed by atoms with van der Waals surface area (Å²) < 4.78 is 13.4. The minimum atomic E-state index is -0.0116. The van der Waals surface area contributed by atoms with E-state index in [4.69, 9.17) is 29.4 Å². The van der Waals surface area contributed by atoms with Crippen molar-refractivity contribution in [2.75, 3.05) is 13.7 Å². The molecular weight excluding hydrogens is 430 g/mol. The Kier molecular flexibility index (Phi) is 5.21. The van der Waals surface area contributed by atoms with Gasteiger partial charge in [0.25, 0.3) is 0 Å². The predicted molar refractivity (Wildman–Crippen MR) is 126 cm³/mol. The average molecular weight is 458 g/mol. The summed E-state index contributed by atoms with van der Waals surface area (Å²) in [6.07, 6.45) is 9.92. The first-order valence-electron chi connectivity index (χ1n) is 11.8. The normalized spacial score (nSPS) is 20.6. The van der Waals surface area contributed by atoms with Gasteiger partial charge in [-0.2, -0.15) is 5.10 Å². The number of pyridine rings is 1. The lowest BCUT2D eigenvalue weighted by Gasteiger charge is -2.28. The van der Waals surface area contributed by atoms with E-state index in [1.807, 2.05) is 32.2 Å². The quantitative estimate of drug-likeness (QED) is 0.438. The Morgan fingerprint density at radius 2 is 1.85 bits per heavy atom. The van der Waals surface area contributed by atoms with Crippen LogP contribution in [-0.4, -0.2) is 48.4 Å². The van der Waals surface area contributed by atoms with E-state index in [9.17, 15) is 0 Å². The van der Waals surface area contributed by atoms with Gasteiger partial charge >= 0.3 is 0 Å². The van der Waals surface area contributed by atoms with Gasteiger partial charge < -0.3 is 9.47 Å². The van der Waals surface area contributed by atoms with Crippen molar-refractivity contribution in [1.82, 2.24) is 34.7 Å². The standard InChI is InChI=1S/C25H27N7O2/c1-14-15(2)29-25-23(28-14)22(17-4-7-21(33-3)26-11-17)30-24(31-25)16-8-9-34-20(10-16)18-12-27-32(13-18)19-5-6-19/h4,7,11-13,16,19-20H,5-6,8-10H2,1-3H3/t16-,20-/m1/s1. The Bertz CT molecular complexity index is 1350. The highest BCUT2D eigenvalue weighted by Gasteiger charge is 2.31. The third-order valence-corrected chi connectivity index (χ3v) is 6.74. The molecule has 9 heteroatoms. The summed E-state index contributed by atoms with van der Waals surface area (Å²) in [4.78, 5) is 23.8. The fourth-order valence-corrected chi connectivity index (χ4v) is 4.48. The third kappa shape index (κ3) is 3.90. The molecule has 4 aromatic rings. The summed E-state index contributed by atoms with van der Waals surface area (Å²) in [5.41, 5.74) is 5.77. The van der Waals surface area contributed by atoms with Gasteiger partial charge in [0.05, 0.1) is 36.8 Å². The van der Waals surface area contributed by atoms with E-state index in [2.05, 4.69) is 21.0 Å². The van der Waals surface area contributed by atoms with E-state index in [1.165, 1.54) is 12.8 Å². The van der Waals surface area contributed by atoms with Gasteiger partial charge in [-0.05, 0) is 45.6 Å². The Balaban J connectivity index is 1.38. The number of nitrogens with zero attached hydrogens (tertiary/aromatic N) is 7. The number of methoxy groups -OCH3 is 1. The van der Waals surface area contributed by atoms with E-state index in [0.717, 1.165) is 46.9 Å². The molecule has 0 bridgehead atoms. The van der Waals surface area contributed by atoms with Crippen LogP contribution in [0.4, 0.5) is 0 Å². The molecule has 4 aromatic heterocycles. The number of aryl methyl sites for hydroxylation is 2. The van der Waals surface area contributed by atoms with Crippen molar-refractivity contribution in [3.8, 4) is 17.1 Å². The molecule has 0 aromatic carbocycles. The molecule has 5 heterocycles. The fraction of sp³-hybridized carbons (Fsp3) is 0.440. The molecule has 6 rings (SSSR count). The van der Waals surface area contributed by atoms with E-state index in [1.54, 1.807) is 13.3 Å². The SMILES string of the molecule is COc1ccc(-c2nc([C@@H]3CCO[C@@H](c4cnn(C5CC5)c4)C3)nc3nc(C)c(C)nc23)cn1. The largest absolute Gasteiger partial charge is 0.481 e. The second-order valence-electron chi connectivity index (χ2n) is 9.15. The zero-order valence-electron chi connectivity index (χ0n) is 19.6. The first kappa shape index (κ1) is 21.1. The van der Waals surface area contributed by atoms with Crippen molar-refractivity contribution < 1.29 is 9.47 Å². The molecule has 0 N–H and O–H groups in total. The maximum atomic E-state index is 6.13. The maximum Gasteiger partial charge on any atom is 0.212 e. The monoisotopic (exact) mass is 457 g/mol. The predicted octanol–water partition coefficient (Wildman–Crippen LogP) is 4.27. The molecule has 0 amide bonds. The summed E-state index contributed by atoms with van der Waals surface area (Å²) in [6.45, 7) is 4.57. The van der Waals surface area contributed by atoms with Gasteiger partial charge in [-0.3, -0.25) is 4.68 Å². The van der Waals surface area contributed by atoms with E-state index < -0.39 is 0 Å². The molecule has 2 atom stereocenters. The first-order valence-corrected chi connectivity index (χ1v) is 11.8. The van der Waals surface area contributed by atoms with E-state index >= 15 is 0 Å². The van der Waals surface area contributed by atoms with Crippen LogP contribution < -0.4 is 4.74 Å². The van der Waals surface area contributed by atoms with Crippen LogP contribution in [0.1, 0.15) is 66.5 Å². The highest BCUT2D eigenvalue weighted by molar-refractivity contribution is 5.86. The minimum Gasteiger partial charge on any atom is -0.481 e. The van der Waals surface area contributed by atoms with E-state index in [0.29, 0.717) is 29.7 Å². The molecule has 1 saturated heterocycles. The Hall–Kier alpha value is -3.46. The van der Waals surface area contributed by atoms with Crippen molar-refractivity contribution in [1.29, 1.82) is 0 Å². The summed E-state index contributed by atoms with van der Waals surface area (Å²) in [5.74, 6) is 1.49. The van der Waals surface area contributed by atoms with Crippen LogP contribution in [0.5, 0.6) is 5.88 Å². The summed E-state index contributed by atoms with van der Waals surface area (Å²) in [5, 5.41) is 4.55. The molecule has 2 fully saturated rings. The van der Waals surface area contributed by atoms with Crippen molar-refractivity contribution in [3.63, 3.8) is 0 Å². The molecule has 0 unspecified atom stereocenters. The van der Waals surface area contributed by atoms with E-state index in [-0.39, 0.29) is 12.0 Å². The van der Waals surface area contributed by atoms with Gasteiger partial charge in [-0.25, -0.2) is 24.9 Å². The number of ether oxygens (including phenoxy) is 2. The van der Waals surface area contributed by atoms with Gasteiger partial charge in [0.1, 0.15) is 17.0 Å². The van der Waals surface area contributed by atoms with Crippen LogP contribution in [-0.2, 0) is 4.74 Å². The summed E-state index contributed by atoms with van der Waals surface area (Å²) in [6, 6.07) is 4.34. The van der Waals surface area contributed by atoms with Crippen molar-refractivity contribution >= 4 is 11.2 Å². The molecule has 1 saturated carbocycles. The van der Waals surface area contributed by atoms with Crippen LogP contribution >= 0.6 is 0 Å². The number of fused-ring (bicyclic) bond motifs is 1. The molecule has 1 aliphatic carbocycles. The maximum absolute atomic E-state index is 6.13. The summed E-state index contributed by atoms with van der Waals surface area (Å²) in [7, 11) is 1.60. The number of rotatable bonds is 5. The Labute approximate surface area is 197 Å². The molecule has 9 nitrogen and oxygen atoms in total. The first-order chi connectivity index (χ1) is 16.6. The lowest BCUT2D eigenvalue weighted by atomic mass is 9.92. The Morgan fingerprint density at radius 3 is 2.62 bits per heavy atom. The molecule has 34 heavy (non-hydrogen) atoms. The highest BCUT2D eigenvalue weighted by atomic mass is 16.5. The lowest BCUT2D eigenvalue weighted by molar-refractivity contribution is 0.00396. The molecular formula is C25H27N7O2. The lowest BCUT2D eigenvalue weighted by Crippen LogP contribution is -2.20. The van der Waals surface area contributed by atoms with Gasteiger partial charge in [0, 0.05) is 42.1 Å². The number of hydrogen-bond donors (Lipinski definition) is 0. The van der Waals surface area contributed by atoms with Gasteiger partial charge in [0.2, 0.25) is 5.88 Å². The second kappa shape index (κ2) is 8.39. The summed E-state index contributed by atoms with van der Waals surface area (Å²) >= 11 is 0. The van der Waals surface area contributed by atoms with Crippen molar-refractivity contribution in [2.45, 2.75) is 57.6 Å². The topological polar surface area (TPSA) is 101 Å². The molecule has 174 valence electrons. The zero-order chi connectivity index (χ0) is 23.2.